The molecule has 2 aromatic carbocycles. The smallest absolute Gasteiger partial charge is 0.337 e. The van der Waals surface area contributed by atoms with E-state index in [2.05, 4.69) is 6.07 Å². The summed E-state index contributed by atoms with van der Waals surface area (Å²) in [4.78, 5) is 13.1. The molecule has 0 saturated heterocycles. The predicted octanol–water partition coefficient (Wildman–Crippen LogP) is 2.92. The van der Waals surface area contributed by atoms with Gasteiger partial charge in [0.2, 0.25) is 0 Å². The molecule has 0 aromatic heterocycles. The molecule has 0 aliphatic carbocycles. The highest BCUT2D eigenvalue weighted by Gasteiger charge is 2.14. The number of carboxylic acids is 1. The number of rotatable bonds is 3. The van der Waals surface area contributed by atoms with Gasteiger partial charge in [-0.15, -0.1) is 0 Å². The number of carbonyl (C=O) groups is 1. The highest BCUT2D eigenvalue weighted by atomic mass is 16.4. The molecule has 0 aliphatic heterocycles. The Morgan fingerprint density at radius 1 is 1.29 bits per heavy atom. The van der Waals surface area contributed by atoms with E-state index in [4.69, 9.17) is 11.0 Å². The van der Waals surface area contributed by atoms with Crippen LogP contribution in [0.15, 0.2) is 36.4 Å². The molecule has 0 aliphatic rings. The van der Waals surface area contributed by atoms with Crippen molar-refractivity contribution in [2.75, 3.05) is 17.7 Å². The van der Waals surface area contributed by atoms with Crippen molar-refractivity contribution in [1.29, 1.82) is 5.26 Å². The Morgan fingerprint density at radius 3 is 2.62 bits per heavy atom. The highest BCUT2D eigenvalue weighted by Crippen LogP contribution is 2.29. The first-order valence-electron chi connectivity index (χ1n) is 6.31. The summed E-state index contributed by atoms with van der Waals surface area (Å²) in [5.74, 6) is -1.06. The molecule has 3 N–H and O–H groups in total. The van der Waals surface area contributed by atoms with Gasteiger partial charge in [0.1, 0.15) is 0 Å². The van der Waals surface area contributed by atoms with Crippen LogP contribution in [-0.4, -0.2) is 18.1 Å². The normalized spacial score (nSPS) is 9.95. The second kappa shape index (κ2) is 5.55. The summed E-state index contributed by atoms with van der Waals surface area (Å²) in [6.45, 7) is 1.77. The van der Waals surface area contributed by atoms with Crippen LogP contribution < -0.4 is 10.6 Å². The van der Waals surface area contributed by atoms with E-state index in [9.17, 15) is 9.90 Å². The second-order valence-corrected chi connectivity index (χ2v) is 4.75. The third-order valence-corrected chi connectivity index (χ3v) is 3.35. The van der Waals surface area contributed by atoms with E-state index in [1.165, 1.54) is 6.07 Å². The van der Waals surface area contributed by atoms with Crippen molar-refractivity contribution in [3.05, 3.63) is 53.1 Å². The molecule has 0 saturated carbocycles. The fourth-order valence-corrected chi connectivity index (χ4v) is 2.08. The van der Waals surface area contributed by atoms with Gasteiger partial charge in [0.25, 0.3) is 0 Å². The molecule has 0 atom stereocenters. The Balaban J connectivity index is 2.51. The lowest BCUT2D eigenvalue weighted by atomic mass is 10.1. The summed E-state index contributed by atoms with van der Waals surface area (Å²) >= 11 is 0. The highest BCUT2D eigenvalue weighted by molar-refractivity contribution is 5.96. The van der Waals surface area contributed by atoms with E-state index in [1.807, 2.05) is 24.1 Å². The third kappa shape index (κ3) is 2.79. The number of nitrogens with zero attached hydrogens (tertiary/aromatic N) is 2. The zero-order valence-electron chi connectivity index (χ0n) is 11.8. The summed E-state index contributed by atoms with van der Waals surface area (Å²) in [7, 11) is 1.81. The molecule has 5 heteroatoms. The molecule has 0 bridgehead atoms. The van der Waals surface area contributed by atoms with E-state index < -0.39 is 5.97 Å². The quantitative estimate of drug-likeness (QED) is 0.844. The van der Waals surface area contributed by atoms with Crippen LogP contribution in [0.5, 0.6) is 0 Å². The topological polar surface area (TPSA) is 90.3 Å². The van der Waals surface area contributed by atoms with E-state index in [0.29, 0.717) is 16.8 Å². The van der Waals surface area contributed by atoms with Crippen LogP contribution in [0.3, 0.4) is 0 Å². The molecule has 0 fully saturated rings. The Labute approximate surface area is 122 Å². The maximum absolute atomic E-state index is 11.2. The summed E-state index contributed by atoms with van der Waals surface area (Å²) in [6, 6.07) is 12.5. The van der Waals surface area contributed by atoms with Crippen LogP contribution in [0.2, 0.25) is 0 Å². The zero-order valence-corrected chi connectivity index (χ0v) is 11.8. The van der Waals surface area contributed by atoms with Gasteiger partial charge in [-0.05, 0) is 42.8 Å². The number of hydrogen-bond acceptors (Lipinski definition) is 4. The molecular formula is C16H15N3O2. The Morgan fingerprint density at radius 2 is 2.00 bits per heavy atom. The molecule has 0 heterocycles. The van der Waals surface area contributed by atoms with Gasteiger partial charge in [-0.2, -0.15) is 5.26 Å². The maximum Gasteiger partial charge on any atom is 0.337 e. The number of anilines is 3. The first-order chi connectivity index (χ1) is 9.93. The van der Waals surface area contributed by atoms with Crippen molar-refractivity contribution in [1.82, 2.24) is 0 Å². The van der Waals surface area contributed by atoms with E-state index in [1.54, 1.807) is 25.1 Å². The van der Waals surface area contributed by atoms with Crippen LogP contribution in [0, 0.1) is 18.3 Å². The van der Waals surface area contributed by atoms with Crippen molar-refractivity contribution in [2.45, 2.75) is 6.92 Å². The monoisotopic (exact) mass is 281 g/mol. The van der Waals surface area contributed by atoms with Gasteiger partial charge in [-0.25, -0.2) is 4.79 Å². The fraction of sp³-hybridized carbons (Fsp3) is 0.125. The van der Waals surface area contributed by atoms with Crippen molar-refractivity contribution in [3.8, 4) is 6.07 Å². The third-order valence-electron chi connectivity index (χ3n) is 3.35. The maximum atomic E-state index is 11.2. The van der Waals surface area contributed by atoms with E-state index in [-0.39, 0.29) is 11.3 Å². The summed E-state index contributed by atoms with van der Waals surface area (Å²) in [6.07, 6.45) is 0. The van der Waals surface area contributed by atoms with Gasteiger partial charge >= 0.3 is 5.97 Å². The number of nitrogen functional groups attached to an aromatic ring is 1. The summed E-state index contributed by atoms with van der Waals surface area (Å²) in [5.41, 5.74) is 8.89. The molecule has 2 rings (SSSR count). The minimum atomic E-state index is -1.06. The molecule has 5 nitrogen and oxygen atoms in total. The van der Waals surface area contributed by atoms with Gasteiger partial charge in [-0.1, -0.05) is 6.07 Å². The molecule has 21 heavy (non-hydrogen) atoms. The van der Waals surface area contributed by atoms with Gasteiger partial charge in [-0.3, -0.25) is 0 Å². The SMILES string of the molecule is Cc1cc(N(C)c2cccc(C#N)c2)cc(C(=O)O)c1N. The number of nitrogens with two attached hydrogens (primary N) is 1. The molecule has 0 spiro atoms. The van der Waals surface area contributed by atoms with Gasteiger partial charge in [0.15, 0.2) is 0 Å². The Kier molecular flexibility index (Phi) is 3.81. The lowest BCUT2D eigenvalue weighted by Gasteiger charge is -2.21. The van der Waals surface area contributed by atoms with Crippen molar-refractivity contribution in [2.24, 2.45) is 0 Å². The van der Waals surface area contributed by atoms with Gasteiger partial charge in [0.05, 0.1) is 17.2 Å². The largest absolute Gasteiger partial charge is 0.478 e. The lowest BCUT2D eigenvalue weighted by molar-refractivity contribution is 0.0698. The van der Waals surface area contributed by atoms with Gasteiger partial charge < -0.3 is 15.7 Å². The first kappa shape index (κ1) is 14.4. The van der Waals surface area contributed by atoms with Crippen LogP contribution in [0.25, 0.3) is 0 Å². The Bertz CT molecular complexity index is 748. The summed E-state index contributed by atoms with van der Waals surface area (Å²) in [5, 5.41) is 18.2. The number of hydrogen-bond donors (Lipinski definition) is 2. The zero-order chi connectivity index (χ0) is 15.6. The number of carboxylic acid groups (broad SMARTS) is 1. The number of benzene rings is 2. The standard InChI is InChI=1S/C16H15N3O2/c1-10-6-13(8-14(15(10)18)16(20)21)19(2)12-5-3-4-11(7-12)9-17/h3-8H,18H2,1-2H3,(H,20,21). The Hall–Kier alpha value is -3.00. The number of nitriles is 1. The minimum Gasteiger partial charge on any atom is -0.478 e. The van der Waals surface area contributed by atoms with Crippen LogP contribution in [-0.2, 0) is 0 Å². The predicted molar refractivity (Wildman–Crippen MR) is 81.8 cm³/mol. The first-order valence-corrected chi connectivity index (χ1v) is 6.31. The van der Waals surface area contributed by atoms with Crippen molar-refractivity contribution < 1.29 is 9.90 Å². The lowest BCUT2D eigenvalue weighted by Crippen LogP contribution is -2.12. The molecular weight excluding hydrogens is 266 g/mol. The van der Waals surface area contributed by atoms with Crippen molar-refractivity contribution in [3.63, 3.8) is 0 Å². The van der Waals surface area contributed by atoms with Crippen molar-refractivity contribution >= 4 is 23.0 Å². The molecule has 0 radical (unpaired) electrons. The van der Waals surface area contributed by atoms with Crippen LogP contribution in [0.1, 0.15) is 21.5 Å². The van der Waals surface area contributed by atoms with E-state index in [0.717, 1.165) is 5.69 Å². The molecule has 106 valence electrons. The summed E-state index contributed by atoms with van der Waals surface area (Å²) < 4.78 is 0. The fourth-order valence-electron chi connectivity index (χ4n) is 2.08. The average Bonchev–Trinajstić information content (AvgIpc) is 2.48. The number of aromatic carboxylic acids is 1. The molecule has 2 aromatic rings. The average molecular weight is 281 g/mol. The van der Waals surface area contributed by atoms with Crippen LogP contribution >= 0.6 is 0 Å². The molecule has 0 amide bonds. The molecule has 0 unspecified atom stereocenters. The van der Waals surface area contributed by atoms with E-state index >= 15 is 0 Å². The second-order valence-electron chi connectivity index (χ2n) is 4.75. The van der Waals surface area contributed by atoms with Crippen LogP contribution in [0.4, 0.5) is 17.1 Å². The minimum absolute atomic E-state index is 0.0771. The number of aryl methyl sites for hydroxylation is 1. The van der Waals surface area contributed by atoms with Gasteiger partial charge in [0, 0.05) is 24.1 Å².